The summed E-state index contributed by atoms with van der Waals surface area (Å²) < 4.78 is 10.4. The highest BCUT2D eigenvalue weighted by Gasteiger charge is 2.19. The Bertz CT molecular complexity index is 1660. The smallest absolute Gasteiger partial charge is 0.339 e. The topological polar surface area (TPSA) is 207 Å². The van der Waals surface area contributed by atoms with Gasteiger partial charge in [0.25, 0.3) is 17.7 Å². The summed E-state index contributed by atoms with van der Waals surface area (Å²) in [4.78, 5) is 54.3. The number of halogens is 2. The molecular weight excluding hydrogens is 641 g/mol. The van der Waals surface area contributed by atoms with Crippen LogP contribution in [0, 0.1) is 0 Å². The van der Waals surface area contributed by atoms with Gasteiger partial charge in [-0.3, -0.25) is 14.4 Å². The van der Waals surface area contributed by atoms with Crippen molar-refractivity contribution in [1.82, 2.24) is 20.6 Å². The molecule has 4 aromatic rings. The van der Waals surface area contributed by atoms with Crippen molar-refractivity contribution < 1.29 is 33.8 Å². The highest BCUT2D eigenvalue weighted by molar-refractivity contribution is 6.30. The van der Waals surface area contributed by atoms with E-state index in [9.17, 15) is 24.3 Å². The number of amides is 3. The largest absolute Gasteiger partial charge is 0.494 e. The molecule has 2 aromatic heterocycles. The first-order valence-corrected chi connectivity index (χ1v) is 13.9. The van der Waals surface area contributed by atoms with Gasteiger partial charge in [0.05, 0.1) is 53.7 Å². The molecule has 3 amide bonds. The molecule has 46 heavy (non-hydrogen) atoms. The van der Waals surface area contributed by atoms with Crippen LogP contribution in [0.5, 0.6) is 11.5 Å². The summed E-state index contributed by atoms with van der Waals surface area (Å²) in [6, 6.07) is 12.5. The Morgan fingerprint density at radius 2 is 1.11 bits per heavy atom. The van der Waals surface area contributed by atoms with E-state index in [-0.39, 0.29) is 50.3 Å². The van der Waals surface area contributed by atoms with Gasteiger partial charge in [0.15, 0.2) is 11.5 Å². The van der Waals surface area contributed by atoms with Crippen LogP contribution in [0.4, 0.5) is 22.7 Å². The van der Waals surface area contributed by atoms with Gasteiger partial charge in [0.2, 0.25) is 0 Å². The molecule has 0 fully saturated rings. The van der Waals surface area contributed by atoms with Gasteiger partial charge in [-0.15, -0.1) is 0 Å². The predicted octanol–water partition coefficient (Wildman–Crippen LogP) is 4.49. The highest BCUT2D eigenvalue weighted by atomic mass is 35.5. The second-order valence-electron chi connectivity index (χ2n) is 8.96. The normalized spacial score (nSPS) is 10.0. The lowest BCUT2D eigenvalue weighted by atomic mass is 10.1. The second-order valence-corrected chi connectivity index (χ2v) is 9.73. The van der Waals surface area contributed by atoms with Crippen LogP contribution in [0.1, 0.15) is 41.4 Å². The summed E-state index contributed by atoms with van der Waals surface area (Å²) in [5.74, 6) is -2.01. The minimum Gasteiger partial charge on any atom is -0.494 e. The van der Waals surface area contributed by atoms with Crippen LogP contribution in [0.3, 0.4) is 0 Å². The number of para-hydroxylation sites is 2. The number of pyridine rings is 2. The predicted molar refractivity (Wildman–Crippen MR) is 173 cm³/mol. The minimum absolute atomic E-state index is 0.000791. The van der Waals surface area contributed by atoms with Crippen LogP contribution in [0.2, 0.25) is 10.3 Å². The summed E-state index contributed by atoms with van der Waals surface area (Å²) in [6.45, 7) is 0. The summed E-state index contributed by atoms with van der Waals surface area (Å²) in [5, 5.41) is 20.6. The lowest BCUT2D eigenvalue weighted by Crippen LogP contribution is -2.19. The first kappa shape index (κ1) is 34.9. The Hall–Kier alpha value is -5.60. The van der Waals surface area contributed by atoms with Gasteiger partial charge in [-0.25, -0.2) is 14.8 Å². The average Bonchev–Trinajstić information content (AvgIpc) is 3.04. The number of hydrogen-bond donors (Lipinski definition) is 6. The molecule has 0 aliphatic rings. The van der Waals surface area contributed by atoms with Gasteiger partial charge in [0.1, 0.15) is 15.9 Å². The van der Waals surface area contributed by atoms with Crippen molar-refractivity contribution >= 4 is 69.6 Å². The van der Waals surface area contributed by atoms with E-state index in [4.69, 9.17) is 38.4 Å². The van der Waals surface area contributed by atoms with Crippen LogP contribution < -0.4 is 36.5 Å². The molecule has 2 aromatic carbocycles. The standard InChI is InChI=1S/C15H15ClN4O3.C15H14ClN3O4/c1-18-15(22)9-7-19-12(16)6-11(9)20-10-5-3-4-8(14(17)21)13(10)23-2;1-17-14(20)9-7-18-12(16)6-11(9)19-10-5-3-4-8(15(21)22)13(10)23-2/h3-7H,1-2H3,(H2,17,21)(H,18,22)(H,19,20);3-7H,1-2H3,(H,17,20)(H,18,19)(H,21,22). The SMILES string of the molecule is CNC(=O)c1cnc(Cl)cc1Nc1cccc(C(=O)O)c1OC.CNC(=O)c1cnc(Cl)cc1Nc1cccc(C(N)=O)c1OC. The van der Waals surface area contributed by atoms with Crippen LogP contribution in [0.15, 0.2) is 60.9 Å². The number of carbonyl (C=O) groups excluding carboxylic acids is 3. The fraction of sp³-hybridized carbons (Fsp3) is 0.133. The van der Waals surface area contributed by atoms with Crippen molar-refractivity contribution in [2.75, 3.05) is 38.9 Å². The number of aromatic carboxylic acids is 1. The molecule has 16 heteroatoms. The van der Waals surface area contributed by atoms with Gasteiger partial charge in [-0.1, -0.05) is 35.3 Å². The molecule has 0 spiro atoms. The number of carboxylic acid groups (broad SMARTS) is 1. The average molecular weight is 671 g/mol. The zero-order chi connectivity index (χ0) is 34.0. The number of rotatable bonds is 10. The summed E-state index contributed by atoms with van der Waals surface area (Å²) in [6.07, 6.45) is 2.69. The van der Waals surface area contributed by atoms with Crippen molar-refractivity contribution in [2.24, 2.45) is 5.73 Å². The molecule has 240 valence electrons. The van der Waals surface area contributed by atoms with E-state index in [2.05, 4.69) is 31.2 Å². The van der Waals surface area contributed by atoms with Crippen LogP contribution in [-0.2, 0) is 0 Å². The number of anilines is 4. The van der Waals surface area contributed by atoms with Crippen molar-refractivity contribution in [3.05, 3.63) is 93.5 Å². The number of nitrogens with one attached hydrogen (secondary N) is 4. The zero-order valence-corrected chi connectivity index (χ0v) is 26.4. The Kier molecular flexibility index (Phi) is 12.1. The Balaban J connectivity index is 0.000000250. The van der Waals surface area contributed by atoms with E-state index in [1.807, 2.05) is 0 Å². The summed E-state index contributed by atoms with van der Waals surface area (Å²) in [5.41, 5.74) is 7.77. The fourth-order valence-electron chi connectivity index (χ4n) is 4.06. The number of benzene rings is 2. The second kappa shape index (κ2) is 15.9. The fourth-order valence-corrected chi connectivity index (χ4v) is 4.38. The van der Waals surface area contributed by atoms with Crippen LogP contribution in [0.25, 0.3) is 0 Å². The van der Waals surface area contributed by atoms with E-state index >= 15 is 0 Å². The molecule has 0 atom stereocenters. The molecule has 0 saturated carbocycles. The van der Waals surface area contributed by atoms with Gasteiger partial charge in [-0.2, -0.15) is 0 Å². The first-order chi connectivity index (χ1) is 21.9. The molecule has 7 N–H and O–H groups in total. The zero-order valence-electron chi connectivity index (χ0n) is 24.9. The molecule has 14 nitrogen and oxygen atoms in total. The van der Waals surface area contributed by atoms with E-state index < -0.39 is 11.9 Å². The first-order valence-electron chi connectivity index (χ1n) is 13.1. The van der Waals surface area contributed by atoms with Crippen molar-refractivity contribution in [1.29, 1.82) is 0 Å². The molecule has 0 aliphatic carbocycles. The Morgan fingerprint density at radius 1 is 0.696 bits per heavy atom. The maximum atomic E-state index is 11.9. The van der Waals surface area contributed by atoms with Gasteiger partial charge >= 0.3 is 5.97 Å². The minimum atomic E-state index is -1.12. The van der Waals surface area contributed by atoms with Gasteiger partial charge < -0.3 is 41.6 Å². The molecular formula is C30H29Cl2N7O7. The number of primary amides is 1. The number of nitrogens with zero attached hydrogens (tertiary/aromatic N) is 2. The Morgan fingerprint density at radius 3 is 1.48 bits per heavy atom. The molecule has 0 radical (unpaired) electrons. The van der Waals surface area contributed by atoms with Crippen molar-refractivity contribution in [3.8, 4) is 11.5 Å². The third kappa shape index (κ3) is 8.31. The summed E-state index contributed by atoms with van der Waals surface area (Å²) in [7, 11) is 5.79. The van der Waals surface area contributed by atoms with E-state index in [1.165, 1.54) is 58.9 Å². The number of nitrogens with two attached hydrogens (primary N) is 1. The van der Waals surface area contributed by atoms with E-state index in [1.54, 1.807) is 30.3 Å². The number of hydrogen-bond acceptors (Lipinski definition) is 10. The maximum Gasteiger partial charge on any atom is 0.339 e. The summed E-state index contributed by atoms with van der Waals surface area (Å²) >= 11 is 11.8. The lowest BCUT2D eigenvalue weighted by Gasteiger charge is -2.15. The van der Waals surface area contributed by atoms with Crippen molar-refractivity contribution in [2.45, 2.75) is 0 Å². The highest BCUT2D eigenvalue weighted by Crippen LogP contribution is 2.34. The van der Waals surface area contributed by atoms with E-state index in [0.717, 1.165) is 0 Å². The van der Waals surface area contributed by atoms with Crippen molar-refractivity contribution in [3.63, 3.8) is 0 Å². The van der Waals surface area contributed by atoms with Gasteiger partial charge in [-0.05, 0) is 36.4 Å². The Labute approximate surface area is 273 Å². The van der Waals surface area contributed by atoms with Gasteiger partial charge in [0, 0.05) is 26.5 Å². The number of carboxylic acids is 1. The third-order valence-corrected chi connectivity index (χ3v) is 6.57. The van der Waals surface area contributed by atoms with Crippen LogP contribution >= 0.6 is 23.2 Å². The molecule has 2 heterocycles. The number of carbonyl (C=O) groups is 4. The monoisotopic (exact) mass is 669 g/mol. The quantitative estimate of drug-likeness (QED) is 0.130. The number of methoxy groups -OCH3 is 2. The number of ether oxygens (including phenoxy) is 2. The number of aromatic nitrogens is 2. The molecule has 4 rings (SSSR count). The maximum absolute atomic E-state index is 11.9. The van der Waals surface area contributed by atoms with E-state index in [0.29, 0.717) is 28.3 Å². The molecule has 0 unspecified atom stereocenters. The third-order valence-electron chi connectivity index (χ3n) is 6.16. The van der Waals surface area contributed by atoms with Crippen LogP contribution in [-0.4, -0.2) is 67.1 Å². The lowest BCUT2D eigenvalue weighted by molar-refractivity contribution is 0.0692. The molecule has 0 aliphatic heterocycles. The molecule has 0 saturated heterocycles. The molecule has 0 bridgehead atoms.